The Morgan fingerprint density at radius 1 is 1.42 bits per heavy atom. The number of aromatic amines is 1. The van der Waals surface area contributed by atoms with Crippen molar-refractivity contribution in [2.45, 2.75) is 12.8 Å². The average molecular weight is 260 g/mol. The van der Waals surface area contributed by atoms with E-state index in [1.54, 1.807) is 0 Å². The number of benzene rings is 1. The normalized spacial score (nSPS) is 10.4. The topological polar surface area (TPSA) is 95.6 Å². The van der Waals surface area contributed by atoms with Crippen LogP contribution in [0.25, 0.3) is 11.4 Å². The van der Waals surface area contributed by atoms with Gasteiger partial charge in [0.15, 0.2) is 0 Å². The lowest BCUT2D eigenvalue weighted by atomic mass is 10.2. The summed E-state index contributed by atoms with van der Waals surface area (Å²) in [7, 11) is 1.87. The molecule has 0 saturated heterocycles. The minimum absolute atomic E-state index is 0.000474. The van der Waals surface area contributed by atoms with E-state index in [0.717, 1.165) is 24.2 Å². The van der Waals surface area contributed by atoms with Crippen LogP contribution in [0.4, 0.5) is 5.69 Å². The van der Waals surface area contributed by atoms with E-state index in [2.05, 4.69) is 31.3 Å². The number of H-pyrrole nitrogens is 1. The predicted octanol–water partition coefficient (Wildman–Crippen LogP) is 0.805. The standard InChI is InChI=1S/C12H16N6O/c1-13-7-3-6-11(19)14-10-5-2-4-9(8-10)12-15-17-18-16-12/h2,4-5,8,13H,3,6-7H2,1H3,(H,14,19)(H,15,16,17,18). The van der Waals surface area contributed by atoms with Gasteiger partial charge in [0.05, 0.1) is 0 Å². The van der Waals surface area contributed by atoms with Crippen LogP contribution in [-0.4, -0.2) is 40.1 Å². The van der Waals surface area contributed by atoms with E-state index in [9.17, 15) is 4.79 Å². The van der Waals surface area contributed by atoms with Crippen LogP contribution in [0.1, 0.15) is 12.8 Å². The molecule has 3 N–H and O–H groups in total. The zero-order valence-electron chi connectivity index (χ0n) is 10.7. The SMILES string of the molecule is CNCCCC(=O)Nc1cccc(-c2nn[nH]n2)c1. The second-order valence-corrected chi connectivity index (χ2v) is 4.07. The van der Waals surface area contributed by atoms with Crippen molar-refractivity contribution in [3.63, 3.8) is 0 Å². The lowest BCUT2D eigenvalue weighted by Gasteiger charge is -2.06. The Labute approximate surface area is 110 Å². The van der Waals surface area contributed by atoms with Gasteiger partial charge in [0.1, 0.15) is 0 Å². The number of aromatic nitrogens is 4. The highest BCUT2D eigenvalue weighted by Crippen LogP contribution is 2.18. The molecule has 7 nitrogen and oxygen atoms in total. The fraction of sp³-hybridized carbons (Fsp3) is 0.333. The fourth-order valence-corrected chi connectivity index (χ4v) is 1.67. The van der Waals surface area contributed by atoms with Crippen molar-refractivity contribution in [3.8, 4) is 11.4 Å². The molecule has 0 atom stereocenters. The molecule has 2 rings (SSSR count). The molecule has 7 heteroatoms. The highest BCUT2D eigenvalue weighted by molar-refractivity contribution is 5.91. The molecule has 0 aliphatic rings. The Balaban J connectivity index is 1.97. The molecular formula is C12H16N6O. The Bertz CT molecular complexity index is 525. The highest BCUT2D eigenvalue weighted by atomic mass is 16.1. The molecule has 19 heavy (non-hydrogen) atoms. The van der Waals surface area contributed by atoms with E-state index in [1.807, 2.05) is 31.3 Å². The summed E-state index contributed by atoms with van der Waals surface area (Å²) >= 11 is 0. The van der Waals surface area contributed by atoms with E-state index in [-0.39, 0.29) is 5.91 Å². The van der Waals surface area contributed by atoms with Crippen molar-refractivity contribution in [1.82, 2.24) is 25.9 Å². The van der Waals surface area contributed by atoms with Crippen LogP contribution >= 0.6 is 0 Å². The molecule has 2 aromatic rings. The van der Waals surface area contributed by atoms with Gasteiger partial charge in [-0.3, -0.25) is 4.79 Å². The lowest BCUT2D eigenvalue weighted by Crippen LogP contribution is -2.15. The second-order valence-electron chi connectivity index (χ2n) is 4.07. The lowest BCUT2D eigenvalue weighted by molar-refractivity contribution is -0.116. The second kappa shape index (κ2) is 6.60. The monoisotopic (exact) mass is 260 g/mol. The smallest absolute Gasteiger partial charge is 0.224 e. The van der Waals surface area contributed by atoms with Gasteiger partial charge < -0.3 is 10.6 Å². The number of nitrogens with zero attached hydrogens (tertiary/aromatic N) is 3. The van der Waals surface area contributed by atoms with Crippen LogP contribution in [0.3, 0.4) is 0 Å². The Kier molecular flexibility index (Phi) is 4.57. The summed E-state index contributed by atoms with van der Waals surface area (Å²) in [5, 5.41) is 19.6. The molecule has 1 heterocycles. The van der Waals surface area contributed by atoms with Crippen LogP contribution in [-0.2, 0) is 4.79 Å². The van der Waals surface area contributed by atoms with Crippen molar-refractivity contribution in [2.24, 2.45) is 0 Å². The first-order valence-corrected chi connectivity index (χ1v) is 6.08. The average Bonchev–Trinajstić information content (AvgIpc) is 2.93. The van der Waals surface area contributed by atoms with Crippen LogP contribution < -0.4 is 10.6 Å². The zero-order valence-corrected chi connectivity index (χ0v) is 10.7. The van der Waals surface area contributed by atoms with Crippen molar-refractivity contribution < 1.29 is 4.79 Å². The number of rotatable bonds is 6. The first kappa shape index (κ1) is 13.2. The molecule has 100 valence electrons. The van der Waals surface area contributed by atoms with Gasteiger partial charge in [-0.25, -0.2) is 0 Å². The van der Waals surface area contributed by atoms with E-state index >= 15 is 0 Å². The maximum atomic E-state index is 11.7. The third-order valence-corrected chi connectivity index (χ3v) is 2.58. The van der Waals surface area contributed by atoms with E-state index in [0.29, 0.717) is 12.2 Å². The molecule has 0 spiro atoms. The zero-order chi connectivity index (χ0) is 13.5. The summed E-state index contributed by atoms with van der Waals surface area (Å²) in [5.74, 6) is 0.506. The van der Waals surface area contributed by atoms with Gasteiger partial charge in [0.25, 0.3) is 0 Å². The third-order valence-electron chi connectivity index (χ3n) is 2.58. The van der Waals surface area contributed by atoms with Crippen LogP contribution in [0.5, 0.6) is 0 Å². The maximum absolute atomic E-state index is 11.7. The van der Waals surface area contributed by atoms with E-state index in [4.69, 9.17) is 0 Å². The van der Waals surface area contributed by atoms with Crippen molar-refractivity contribution in [2.75, 3.05) is 18.9 Å². The Morgan fingerprint density at radius 2 is 2.32 bits per heavy atom. The van der Waals surface area contributed by atoms with Gasteiger partial charge in [-0.15, -0.1) is 10.2 Å². The van der Waals surface area contributed by atoms with Crippen LogP contribution in [0.15, 0.2) is 24.3 Å². The summed E-state index contributed by atoms with van der Waals surface area (Å²) in [6.45, 7) is 0.830. The Morgan fingerprint density at radius 3 is 3.05 bits per heavy atom. The fourth-order valence-electron chi connectivity index (χ4n) is 1.67. The van der Waals surface area contributed by atoms with Gasteiger partial charge >= 0.3 is 0 Å². The maximum Gasteiger partial charge on any atom is 0.224 e. The number of nitrogens with one attached hydrogen (secondary N) is 3. The number of carbonyl (C=O) groups excluding carboxylic acids is 1. The molecule has 1 aromatic carbocycles. The van der Waals surface area contributed by atoms with E-state index in [1.165, 1.54) is 0 Å². The quantitative estimate of drug-likeness (QED) is 0.668. The first-order chi connectivity index (χ1) is 9.29. The van der Waals surface area contributed by atoms with Gasteiger partial charge in [0, 0.05) is 17.7 Å². The van der Waals surface area contributed by atoms with Gasteiger partial charge in [-0.2, -0.15) is 5.21 Å². The van der Waals surface area contributed by atoms with Crippen LogP contribution in [0.2, 0.25) is 0 Å². The van der Waals surface area contributed by atoms with Gasteiger partial charge in [0.2, 0.25) is 11.7 Å². The number of hydrogen-bond donors (Lipinski definition) is 3. The van der Waals surface area contributed by atoms with E-state index < -0.39 is 0 Å². The molecule has 0 aliphatic carbocycles. The number of amides is 1. The molecule has 1 amide bonds. The summed E-state index contributed by atoms with van der Waals surface area (Å²) < 4.78 is 0. The molecule has 0 saturated carbocycles. The molecule has 0 unspecified atom stereocenters. The first-order valence-electron chi connectivity index (χ1n) is 6.08. The van der Waals surface area contributed by atoms with Crippen LogP contribution in [0, 0.1) is 0 Å². The van der Waals surface area contributed by atoms with Crippen molar-refractivity contribution in [3.05, 3.63) is 24.3 Å². The molecule has 0 bridgehead atoms. The number of hydrogen-bond acceptors (Lipinski definition) is 5. The van der Waals surface area contributed by atoms with Gasteiger partial charge in [-0.05, 0) is 37.4 Å². The molecule has 1 aromatic heterocycles. The predicted molar refractivity (Wildman–Crippen MR) is 71.4 cm³/mol. The highest BCUT2D eigenvalue weighted by Gasteiger charge is 2.06. The summed E-state index contributed by atoms with van der Waals surface area (Å²) in [4.78, 5) is 11.7. The summed E-state index contributed by atoms with van der Waals surface area (Å²) in [6, 6.07) is 7.36. The van der Waals surface area contributed by atoms with Gasteiger partial charge in [-0.1, -0.05) is 12.1 Å². The van der Waals surface area contributed by atoms with Crippen molar-refractivity contribution >= 4 is 11.6 Å². The summed E-state index contributed by atoms with van der Waals surface area (Å²) in [5.41, 5.74) is 1.54. The number of carbonyl (C=O) groups is 1. The minimum atomic E-state index is 0.000474. The molecule has 0 fully saturated rings. The Hall–Kier alpha value is -2.28. The summed E-state index contributed by atoms with van der Waals surface area (Å²) in [6.07, 6.45) is 1.31. The molecular weight excluding hydrogens is 244 g/mol. The third kappa shape index (κ3) is 3.85. The minimum Gasteiger partial charge on any atom is -0.326 e. The number of tetrazole rings is 1. The molecule has 0 aliphatic heterocycles. The largest absolute Gasteiger partial charge is 0.326 e. The van der Waals surface area contributed by atoms with Crippen molar-refractivity contribution in [1.29, 1.82) is 0 Å². The number of anilines is 1. The molecule has 0 radical (unpaired) electrons.